The van der Waals surface area contributed by atoms with E-state index < -0.39 is 0 Å². The second-order valence-corrected chi connectivity index (χ2v) is 4.30. The minimum absolute atomic E-state index is 0.0488. The molecule has 92 valence electrons. The minimum Gasteiger partial charge on any atom is -0.507 e. The molecule has 0 heterocycles. The van der Waals surface area contributed by atoms with Crippen molar-refractivity contribution in [3.05, 3.63) is 54.1 Å². The molecule has 1 N–H and O–H groups in total. The first-order valence-electron chi connectivity index (χ1n) is 5.69. The fourth-order valence-corrected chi connectivity index (χ4v) is 1.80. The molecule has 0 unspecified atom stereocenters. The summed E-state index contributed by atoms with van der Waals surface area (Å²) in [6, 6.07) is 14.3. The van der Waals surface area contributed by atoms with Crippen molar-refractivity contribution in [2.24, 2.45) is 0 Å². The number of phenols is 1. The lowest BCUT2D eigenvalue weighted by Crippen LogP contribution is -2.21. The first-order valence-corrected chi connectivity index (χ1v) is 5.69. The number of nitrogens with zero attached hydrogens (tertiary/aromatic N) is 1. The third-order valence-electron chi connectivity index (χ3n) is 2.73. The summed E-state index contributed by atoms with van der Waals surface area (Å²) in [6.07, 6.45) is 0. The van der Waals surface area contributed by atoms with Crippen molar-refractivity contribution in [1.29, 1.82) is 0 Å². The molecule has 2 aromatic carbocycles. The Bertz CT molecular complexity index is 576. The van der Waals surface area contributed by atoms with E-state index in [-0.39, 0.29) is 11.7 Å². The Morgan fingerprint density at radius 3 is 2.44 bits per heavy atom. The zero-order valence-electron chi connectivity index (χ0n) is 10.4. The highest BCUT2D eigenvalue weighted by atomic mass is 16.3. The molecule has 0 aromatic heterocycles. The Labute approximate surface area is 106 Å². The van der Waals surface area contributed by atoms with E-state index in [4.69, 9.17) is 0 Å². The van der Waals surface area contributed by atoms with Gasteiger partial charge in [-0.1, -0.05) is 30.3 Å². The van der Waals surface area contributed by atoms with Crippen LogP contribution in [0.2, 0.25) is 0 Å². The molecule has 18 heavy (non-hydrogen) atoms. The smallest absolute Gasteiger partial charge is 0.253 e. The van der Waals surface area contributed by atoms with Crippen molar-refractivity contribution in [1.82, 2.24) is 4.90 Å². The second-order valence-electron chi connectivity index (χ2n) is 4.30. The van der Waals surface area contributed by atoms with Crippen LogP contribution in [-0.4, -0.2) is 30.0 Å². The molecule has 0 spiro atoms. The highest BCUT2D eigenvalue weighted by Crippen LogP contribution is 2.29. The molecule has 0 radical (unpaired) electrons. The average molecular weight is 241 g/mol. The van der Waals surface area contributed by atoms with E-state index in [0.717, 1.165) is 11.1 Å². The average Bonchev–Trinajstić information content (AvgIpc) is 2.38. The molecule has 0 saturated heterocycles. The van der Waals surface area contributed by atoms with Crippen LogP contribution in [0.1, 0.15) is 10.4 Å². The molecule has 0 saturated carbocycles. The summed E-state index contributed by atoms with van der Waals surface area (Å²) in [4.78, 5) is 13.4. The van der Waals surface area contributed by atoms with Gasteiger partial charge in [0, 0.05) is 25.2 Å². The Morgan fingerprint density at radius 1 is 1.06 bits per heavy atom. The minimum atomic E-state index is -0.0488. The van der Waals surface area contributed by atoms with Gasteiger partial charge in [-0.05, 0) is 23.8 Å². The van der Waals surface area contributed by atoms with Gasteiger partial charge in [0.15, 0.2) is 0 Å². The van der Waals surface area contributed by atoms with Crippen LogP contribution in [0.4, 0.5) is 0 Å². The number of phenolic OH excluding ortho intramolecular Hbond substituents is 1. The van der Waals surface area contributed by atoms with Crippen molar-refractivity contribution < 1.29 is 9.90 Å². The topological polar surface area (TPSA) is 40.5 Å². The standard InChI is InChI=1S/C15H15NO2/c1-16(2)15(18)12-7-5-6-11(10-12)13-8-3-4-9-14(13)17/h3-10,17H,1-2H3. The monoisotopic (exact) mass is 241 g/mol. The molecular formula is C15H15NO2. The molecule has 0 aliphatic rings. The summed E-state index contributed by atoms with van der Waals surface area (Å²) >= 11 is 0. The Balaban J connectivity index is 2.45. The Hall–Kier alpha value is -2.29. The highest BCUT2D eigenvalue weighted by molar-refractivity contribution is 5.95. The Kier molecular flexibility index (Phi) is 3.33. The third kappa shape index (κ3) is 2.35. The predicted molar refractivity (Wildman–Crippen MR) is 71.6 cm³/mol. The van der Waals surface area contributed by atoms with Crippen LogP contribution in [0.5, 0.6) is 5.75 Å². The van der Waals surface area contributed by atoms with E-state index in [1.807, 2.05) is 24.3 Å². The first kappa shape index (κ1) is 12.2. The lowest BCUT2D eigenvalue weighted by molar-refractivity contribution is 0.0827. The van der Waals surface area contributed by atoms with Crippen molar-refractivity contribution >= 4 is 5.91 Å². The van der Waals surface area contributed by atoms with Crippen LogP contribution in [0, 0.1) is 0 Å². The molecule has 2 aromatic rings. The second kappa shape index (κ2) is 4.92. The first-order chi connectivity index (χ1) is 8.59. The fraction of sp³-hybridized carbons (Fsp3) is 0.133. The van der Waals surface area contributed by atoms with Gasteiger partial charge < -0.3 is 10.0 Å². The lowest BCUT2D eigenvalue weighted by Gasteiger charge is -2.11. The predicted octanol–water partition coefficient (Wildman–Crippen LogP) is 2.76. The molecule has 2 rings (SSSR count). The summed E-state index contributed by atoms with van der Waals surface area (Å²) < 4.78 is 0. The maximum atomic E-state index is 11.9. The van der Waals surface area contributed by atoms with E-state index in [1.165, 1.54) is 4.90 Å². The number of amides is 1. The summed E-state index contributed by atoms with van der Waals surface area (Å²) in [7, 11) is 3.43. The van der Waals surface area contributed by atoms with Crippen LogP contribution in [0.25, 0.3) is 11.1 Å². The quantitative estimate of drug-likeness (QED) is 0.878. The van der Waals surface area contributed by atoms with E-state index in [1.54, 1.807) is 38.4 Å². The van der Waals surface area contributed by atoms with Crippen LogP contribution in [-0.2, 0) is 0 Å². The van der Waals surface area contributed by atoms with Crippen LogP contribution in [0.3, 0.4) is 0 Å². The molecule has 3 heteroatoms. The zero-order valence-corrected chi connectivity index (χ0v) is 10.4. The van der Waals surface area contributed by atoms with E-state index in [2.05, 4.69) is 0 Å². The van der Waals surface area contributed by atoms with Crippen LogP contribution < -0.4 is 0 Å². The summed E-state index contributed by atoms with van der Waals surface area (Å²) in [6.45, 7) is 0. The number of hydrogen-bond donors (Lipinski definition) is 1. The van der Waals surface area contributed by atoms with Gasteiger partial charge in [0.25, 0.3) is 5.91 Å². The number of aromatic hydroxyl groups is 1. The van der Waals surface area contributed by atoms with Gasteiger partial charge in [-0.3, -0.25) is 4.79 Å². The van der Waals surface area contributed by atoms with Gasteiger partial charge >= 0.3 is 0 Å². The maximum absolute atomic E-state index is 11.9. The van der Waals surface area contributed by atoms with Gasteiger partial charge in [-0.15, -0.1) is 0 Å². The molecule has 0 atom stereocenters. The van der Waals surface area contributed by atoms with Gasteiger partial charge in [0.2, 0.25) is 0 Å². The van der Waals surface area contributed by atoms with E-state index >= 15 is 0 Å². The maximum Gasteiger partial charge on any atom is 0.253 e. The summed E-state index contributed by atoms with van der Waals surface area (Å²) in [5.41, 5.74) is 2.17. The summed E-state index contributed by atoms with van der Waals surface area (Å²) in [5.74, 6) is 0.166. The number of hydrogen-bond acceptors (Lipinski definition) is 2. The highest BCUT2D eigenvalue weighted by Gasteiger charge is 2.10. The number of carbonyl (C=O) groups is 1. The molecule has 1 amide bonds. The van der Waals surface area contributed by atoms with Crippen LogP contribution >= 0.6 is 0 Å². The molecule has 0 aliphatic heterocycles. The van der Waals surface area contributed by atoms with Crippen LogP contribution in [0.15, 0.2) is 48.5 Å². The van der Waals surface area contributed by atoms with E-state index in [9.17, 15) is 9.90 Å². The number of rotatable bonds is 2. The van der Waals surface area contributed by atoms with Crippen molar-refractivity contribution in [3.8, 4) is 16.9 Å². The molecule has 0 bridgehead atoms. The zero-order chi connectivity index (χ0) is 13.1. The Morgan fingerprint density at radius 2 is 1.78 bits per heavy atom. The summed E-state index contributed by atoms with van der Waals surface area (Å²) in [5, 5.41) is 9.81. The van der Waals surface area contributed by atoms with E-state index in [0.29, 0.717) is 5.56 Å². The van der Waals surface area contributed by atoms with Gasteiger partial charge in [0.1, 0.15) is 5.75 Å². The number of carbonyl (C=O) groups excluding carboxylic acids is 1. The third-order valence-corrected chi connectivity index (χ3v) is 2.73. The largest absolute Gasteiger partial charge is 0.507 e. The normalized spacial score (nSPS) is 10.1. The lowest BCUT2D eigenvalue weighted by atomic mass is 10.0. The molecule has 3 nitrogen and oxygen atoms in total. The fourth-order valence-electron chi connectivity index (χ4n) is 1.80. The number of para-hydroxylation sites is 1. The molecule has 0 fully saturated rings. The van der Waals surface area contributed by atoms with Crippen molar-refractivity contribution in [2.75, 3.05) is 14.1 Å². The van der Waals surface area contributed by atoms with Crippen molar-refractivity contribution in [2.45, 2.75) is 0 Å². The molecular weight excluding hydrogens is 226 g/mol. The van der Waals surface area contributed by atoms with Gasteiger partial charge in [0.05, 0.1) is 0 Å². The van der Waals surface area contributed by atoms with Gasteiger partial charge in [-0.25, -0.2) is 0 Å². The van der Waals surface area contributed by atoms with Crippen molar-refractivity contribution in [3.63, 3.8) is 0 Å². The SMILES string of the molecule is CN(C)C(=O)c1cccc(-c2ccccc2O)c1. The molecule has 0 aliphatic carbocycles. The number of benzene rings is 2. The van der Waals surface area contributed by atoms with Gasteiger partial charge in [-0.2, -0.15) is 0 Å².